The van der Waals surface area contributed by atoms with Crippen molar-refractivity contribution in [3.63, 3.8) is 0 Å². The molecule has 0 radical (unpaired) electrons. The monoisotopic (exact) mass is 445 g/mol. The van der Waals surface area contributed by atoms with Gasteiger partial charge in [-0.05, 0) is 37.0 Å². The Morgan fingerprint density at radius 2 is 1.91 bits per heavy atom. The normalized spacial score (nSPS) is 20.8. The molecular formula is C23H35N5O4. The molecule has 0 N–H and O–H groups in total. The quantitative estimate of drug-likeness (QED) is 0.544. The van der Waals surface area contributed by atoms with Gasteiger partial charge >= 0.3 is 6.03 Å². The van der Waals surface area contributed by atoms with E-state index in [9.17, 15) is 14.4 Å². The molecule has 0 saturated carbocycles. The molecule has 0 aromatic carbocycles. The van der Waals surface area contributed by atoms with E-state index in [0.29, 0.717) is 45.8 Å². The van der Waals surface area contributed by atoms with Gasteiger partial charge in [-0.15, -0.1) is 0 Å². The molecule has 0 aliphatic carbocycles. The van der Waals surface area contributed by atoms with Crippen molar-refractivity contribution in [3.8, 4) is 0 Å². The lowest BCUT2D eigenvalue weighted by atomic mass is 9.97. The molecule has 3 rings (SSSR count). The second-order valence-electron chi connectivity index (χ2n) is 8.91. The molecule has 0 spiro atoms. The van der Waals surface area contributed by atoms with Crippen molar-refractivity contribution in [2.75, 3.05) is 46.4 Å². The van der Waals surface area contributed by atoms with Crippen molar-refractivity contribution in [1.29, 1.82) is 0 Å². The number of likely N-dealkylation sites (N-methyl/N-ethyl adjacent to an activating group) is 1. The van der Waals surface area contributed by atoms with E-state index >= 15 is 0 Å². The SMILES string of the molecule is CCN(Cc1ccncc1)C(=O)CN1C[C@H]2CN(CCOC)C(=O)[C@H](CC(C)C)N2C1=O. The van der Waals surface area contributed by atoms with E-state index in [1.165, 1.54) is 0 Å². The van der Waals surface area contributed by atoms with Crippen LogP contribution in [0.2, 0.25) is 0 Å². The molecule has 9 heteroatoms. The summed E-state index contributed by atoms with van der Waals surface area (Å²) in [6, 6.07) is 2.96. The van der Waals surface area contributed by atoms with Crippen molar-refractivity contribution in [2.24, 2.45) is 5.92 Å². The molecule has 176 valence electrons. The minimum absolute atomic E-state index is 0.0193. The molecule has 2 fully saturated rings. The first-order chi connectivity index (χ1) is 15.3. The maximum atomic E-state index is 13.3. The lowest BCUT2D eigenvalue weighted by Crippen LogP contribution is -2.61. The number of piperazine rings is 1. The fourth-order valence-corrected chi connectivity index (χ4v) is 4.49. The Balaban J connectivity index is 1.71. The zero-order valence-electron chi connectivity index (χ0n) is 19.6. The van der Waals surface area contributed by atoms with E-state index in [4.69, 9.17) is 4.74 Å². The lowest BCUT2D eigenvalue weighted by molar-refractivity contribution is -0.143. The van der Waals surface area contributed by atoms with Gasteiger partial charge in [0, 0.05) is 52.2 Å². The zero-order valence-corrected chi connectivity index (χ0v) is 19.6. The second kappa shape index (κ2) is 10.8. The number of methoxy groups -OCH3 is 1. The standard InChI is InChI=1S/C23H35N5O4/c1-5-25(13-18-6-8-24-9-7-18)21(29)16-27-15-19-14-26(10-11-32-4)22(30)20(12-17(2)3)28(19)23(27)31/h6-9,17,19-20H,5,10-16H2,1-4H3/t19-,20+/m1/s1. The number of rotatable bonds is 10. The van der Waals surface area contributed by atoms with Crippen LogP contribution in [0.25, 0.3) is 0 Å². The highest BCUT2D eigenvalue weighted by Crippen LogP contribution is 2.29. The van der Waals surface area contributed by atoms with Gasteiger partial charge in [-0.1, -0.05) is 13.8 Å². The van der Waals surface area contributed by atoms with Crippen molar-refractivity contribution >= 4 is 17.8 Å². The van der Waals surface area contributed by atoms with Gasteiger partial charge in [-0.3, -0.25) is 14.6 Å². The van der Waals surface area contributed by atoms with E-state index in [1.54, 1.807) is 39.1 Å². The Bertz CT molecular complexity index is 803. The molecule has 2 aliphatic heterocycles. The van der Waals surface area contributed by atoms with E-state index in [2.05, 4.69) is 18.8 Å². The third-order valence-corrected chi connectivity index (χ3v) is 6.12. The molecule has 0 bridgehead atoms. The second-order valence-corrected chi connectivity index (χ2v) is 8.91. The largest absolute Gasteiger partial charge is 0.383 e. The van der Waals surface area contributed by atoms with Crippen molar-refractivity contribution in [2.45, 2.75) is 45.8 Å². The van der Waals surface area contributed by atoms with Crippen LogP contribution in [0.1, 0.15) is 32.8 Å². The summed E-state index contributed by atoms with van der Waals surface area (Å²) >= 11 is 0. The maximum absolute atomic E-state index is 13.3. The summed E-state index contributed by atoms with van der Waals surface area (Å²) in [5.41, 5.74) is 0.997. The topological polar surface area (TPSA) is 86.3 Å². The van der Waals surface area contributed by atoms with Gasteiger partial charge in [0.1, 0.15) is 12.6 Å². The Morgan fingerprint density at radius 3 is 2.53 bits per heavy atom. The molecule has 1 aromatic rings. The molecule has 1 aromatic heterocycles. The third kappa shape index (κ3) is 5.38. The van der Waals surface area contributed by atoms with Crippen LogP contribution in [-0.4, -0.2) is 101 Å². The highest BCUT2D eigenvalue weighted by atomic mass is 16.5. The summed E-state index contributed by atoms with van der Waals surface area (Å²) in [5.74, 6) is 0.147. The van der Waals surface area contributed by atoms with Crippen LogP contribution in [0, 0.1) is 5.92 Å². The number of urea groups is 1. The Hall–Kier alpha value is -2.68. The number of fused-ring (bicyclic) bond motifs is 1. The average molecular weight is 446 g/mol. The highest BCUT2D eigenvalue weighted by Gasteiger charge is 2.49. The minimum atomic E-state index is -0.489. The van der Waals surface area contributed by atoms with Crippen molar-refractivity contribution in [3.05, 3.63) is 30.1 Å². The van der Waals surface area contributed by atoms with Gasteiger partial charge in [0.05, 0.1) is 12.6 Å². The maximum Gasteiger partial charge on any atom is 0.321 e. The fraction of sp³-hybridized carbons (Fsp3) is 0.652. The first-order valence-corrected chi connectivity index (χ1v) is 11.4. The Labute approximate surface area is 190 Å². The van der Waals surface area contributed by atoms with Gasteiger partial charge in [-0.25, -0.2) is 4.79 Å². The Morgan fingerprint density at radius 1 is 1.22 bits per heavy atom. The molecule has 3 heterocycles. The van der Waals surface area contributed by atoms with Gasteiger partial charge < -0.3 is 24.3 Å². The highest BCUT2D eigenvalue weighted by molar-refractivity contribution is 5.92. The smallest absolute Gasteiger partial charge is 0.321 e. The summed E-state index contributed by atoms with van der Waals surface area (Å²) < 4.78 is 5.16. The van der Waals surface area contributed by atoms with E-state index in [0.717, 1.165) is 5.56 Å². The summed E-state index contributed by atoms with van der Waals surface area (Å²) in [7, 11) is 1.62. The summed E-state index contributed by atoms with van der Waals surface area (Å²) in [4.78, 5) is 50.3. The van der Waals surface area contributed by atoms with Gasteiger partial charge in [0.15, 0.2) is 0 Å². The predicted octanol–water partition coefficient (Wildman–Crippen LogP) is 1.44. The molecule has 4 amide bonds. The Kier molecular flexibility index (Phi) is 8.06. The summed E-state index contributed by atoms with van der Waals surface area (Å²) in [5, 5.41) is 0. The number of nitrogens with zero attached hydrogens (tertiary/aromatic N) is 5. The number of carbonyl (C=O) groups excluding carboxylic acids is 3. The van der Waals surface area contributed by atoms with Crippen LogP contribution in [-0.2, 0) is 20.9 Å². The van der Waals surface area contributed by atoms with Gasteiger partial charge in [-0.2, -0.15) is 0 Å². The van der Waals surface area contributed by atoms with Crippen LogP contribution in [0.4, 0.5) is 4.79 Å². The molecule has 0 unspecified atom stereocenters. The molecule has 2 saturated heterocycles. The minimum Gasteiger partial charge on any atom is -0.383 e. The molecule has 32 heavy (non-hydrogen) atoms. The van der Waals surface area contributed by atoms with Crippen LogP contribution < -0.4 is 0 Å². The first-order valence-electron chi connectivity index (χ1n) is 11.4. The van der Waals surface area contributed by atoms with Crippen LogP contribution in [0.3, 0.4) is 0 Å². The number of aromatic nitrogens is 1. The predicted molar refractivity (Wildman–Crippen MR) is 120 cm³/mol. The fourth-order valence-electron chi connectivity index (χ4n) is 4.49. The number of amides is 4. The van der Waals surface area contributed by atoms with Crippen molar-refractivity contribution in [1.82, 2.24) is 24.6 Å². The number of hydrogen-bond donors (Lipinski definition) is 0. The molecule has 2 aliphatic rings. The van der Waals surface area contributed by atoms with Crippen LogP contribution >= 0.6 is 0 Å². The van der Waals surface area contributed by atoms with Gasteiger partial charge in [0.2, 0.25) is 11.8 Å². The number of pyridine rings is 1. The van der Waals surface area contributed by atoms with E-state index in [-0.39, 0.29) is 36.3 Å². The van der Waals surface area contributed by atoms with Crippen LogP contribution in [0.15, 0.2) is 24.5 Å². The summed E-state index contributed by atoms with van der Waals surface area (Å²) in [6.45, 7) is 8.98. The zero-order chi connectivity index (χ0) is 23.3. The average Bonchev–Trinajstić information content (AvgIpc) is 3.08. The number of carbonyl (C=O) groups is 3. The van der Waals surface area contributed by atoms with Gasteiger partial charge in [0.25, 0.3) is 0 Å². The molecule has 9 nitrogen and oxygen atoms in total. The first kappa shape index (κ1) is 24.0. The summed E-state index contributed by atoms with van der Waals surface area (Å²) in [6.07, 6.45) is 4.02. The number of hydrogen-bond acceptors (Lipinski definition) is 5. The van der Waals surface area contributed by atoms with E-state index in [1.807, 2.05) is 19.1 Å². The van der Waals surface area contributed by atoms with E-state index < -0.39 is 6.04 Å². The molecule has 2 atom stereocenters. The number of ether oxygens (including phenoxy) is 1. The van der Waals surface area contributed by atoms with Crippen molar-refractivity contribution < 1.29 is 19.1 Å². The molecular weight excluding hydrogens is 410 g/mol. The van der Waals surface area contributed by atoms with Crippen LogP contribution in [0.5, 0.6) is 0 Å². The third-order valence-electron chi connectivity index (χ3n) is 6.12. The lowest BCUT2D eigenvalue weighted by Gasteiger charge is -2.42.